The van der Waals surface area contributed by atoms with Crippen molar-refractivity contribution in [3.63, 3.8) is 0 Å². The van der Waals surface area contributed by atoms with Gasteiger partial charge >= 0.3 is 0 Å². The van der Waals surface area contributed by atoms with E-state index in [4.69, 9.17) is 0 Å². The highest BCUT2D eigenvalue weighted by Gasteiger charge is 2.51. The van der Waals surface area contributed by atoms with Gasteiger partial charge in [0.1, 0.15) is 0 Å². The molecule has 7 nitrogen and oxygen atoms in total. The van der Waals surface area contributed by atoms with Crippen LogP contribution in [0, 0.1) is 0 Å². The molecule has 6 rings (SSSR count). The normalized spacial score (nSPS) is 21.8. The molecule has 1 aliphatic carbocycles. The van der Waals surface area contributed by atoms with Gasteiger partial charge in [0.2, 0.25) is 5.91 Å². The van der Waals surface area contributed by atoms with Gasteiger partial charge in [-0.25, -0.2) is 0 Å². The Hall–Kier alpha value is -2.90. The fourth-order valence-corrected chi connectivity index (χ4v) is 6.37. The second-order valence-corrected chi connectivity index (χ2v) is 11.1. The maximum Gasteiger partial charge on any atom is 0.254 e. The Morgan fingerprint density at radius 1 is 1.00 bits per heavy atom. The third-order valence-corrected chi connectivity index (χ3v) is 8.64. The van der Waals surface area contributed by atoms with Gasteiger partial charge in [-0.2, -0.15) is 0 Å². The minimum absolute atomic E-state index is 0.0320. The van der Waals surface area contributed by atoms with E-state index in [1.807, 2.05) is 15.9 Å². The van der Waals surface area contributed by atoms with Gasteiger partial charge in [0.05, 0.1) is 6.10 Å². The first-order chi connectivity index (χ1) is 17.4. The number of rotatable bonds is 5. The highest BCUT2D eigenvalue weighted by atomic mass is 16.3. The van der Waals surface area contributed by atoms with Gasteiger partial charge in [-0.05, 0) is 54.2 Å². The fourth-order valence-electron chi connectivity index (χ4n) is 6.37. The summed E-state index contributed by atoms with van der Waals surface area (Å²) in [6.07, 6.45) is 2.62. The second kappa shape index (κ2) is 9.20. The van der Waals surface area contributed by atoms with Gasteiger partial charge < -0.3 is 19.8 Å². The summed E-state index contributed by atoms with van der Waals surface area (Å²) in [5, 5.41) is 11.0. The minimum atomic E-state index is -0.562. The lowest BCUT2D eigenvalue weighted by Gasteiger charge is -2.39. The Labute approximate surface area is 213 Å². The molecule has 36 heavy (non-hydrogen) atoms. The maximum absolute atomic E-state index is 13.5. The van der Waals surface area contributed by atoms with Crippen molar-refractivity contribution in [2.24, 2.45) is 0 Å². The van der Waals surface area contributed by atoms with Crippen LogP contribution >= 0.6 is 0 Å². The summed E-state index contributed by atoms with van der Waals surface area (Å²) >= 11 is 0. The quantitative estimate of drug-likeness (QED) is 0.700. The number of anilines is 1. The molecule has 1 spiro atoms. The van der Waals surface area contributed by atoms with Crippen LogP contribution in [0.5, 0.6) is 0 Å². The molecule has 3 heterocycles. The molecule has 2 amide bonds. The number of aliphatic hydroxyl groups excluding tert-OH is 1. The molecule has 1 saturated carbocycles. The third kappa shape index (κ3) is 4.39. The van der Waals surface area contributed by atoms with E-state index in [2.05, 4.69) is 46.2 Å². The van der Waals surface area contributed by atoms with E-state index in [0.717, 1.165) is 69.8 Å². The van der Waals surface area contributed by atoms with Gasteiger partial charge in [-0.1, -0.05) is 24.3 Å². The summed E-state index contributed by atoms with van der Waals surface area (Å²) in [6, 6.07) is 14.8. The Bertz CT molecular complexity index is 1170. The largest absolute Gasteiger partial charge is 0.390 e. The Morgan fingerprint density at radius 2 is 1.75 bits per heavy atom. The van der Waals surface area contributed by atoms with Crippen LogP contribution in [0.2, 0.25) is 0 Å². The highest BCUT2D eigenvalue weighted by Crippen LogP contribution is 2.53. The lowest BCUT2D eigenvalue weighted by Crippen LogP contribution is -2.49. The zero-order valence-corrected chi connectivity index (χ0v) is 21.2. The first-order valence-corrected chi connectivity index (χ1v) is 13.3. The molecule has 2 fully saturated rings. The Balaban J connectivity index is 1.12. The molecule has 4 aliphatic rings. The topological polar surface area (TPSA) is 67.3 Å². The van der Waals surface area contributed by atoms with E-state index >= 15 is 0 Å². The molecule has 1 saturated heterocycles. The van der Waals surface area contributed by atoms with Crippen LogP contribution in [0.3, 0.4) is 0 Å². The molecule has 2 aromatic carbocycles. The average molecular weight is 489 g/mol. The summed E-state index contributed by atoms with van der Waals surface area (Å²) in [4.78, 5) is 33.6. The predicted molar refractivity (Wildman–Crippen MR) is 139 cm³/mol. The molecule has 0 bridgehead atoms. The standard InChI is InChI=1S/C29H36N4O3/c1-21(34)31-12-14-32(15-13-31)24-6-7-26-27(16-24)29(9-10-29)20-33(28(26)36)19-25(35)18-30-11-8-22-4-2-3-5-23(22)17-30/h2-7,16,25,35H,8-15,17-20H2,1H3. The number of benzene rings is 2. The van der Waals surface area contributed by atoms with Gasteiger partial charge in [0.15, 0.2) is 0 Å². The summed E-state index contributed by atoms with van der Waals surface area (Å²) in [5.74, 6) is 0.175. The zero-order valence-electron chi connectivity index (χ0n) is 21.2. The zero-order chi connectivity index (χ0) is 24.9. The predicted octanol–water partition coefficient (Wildman–Crippen LogP) is 2.26. The molecule has 2 aromatic rings. The number of β-amino-alcohol motifs (C(OH)–C–C–N with tert-alkyl or cyclic N) is 1. The molecule has 0 radical (unpaired) electrons. The van der Waals surface area contributed by atoms with Crippen LogP contribution in [0.4, 0.5) is 5.69 Å². The van der Waals surface area contributed by atoms with Gasteiger partial charge in [0.25, 0.3) is 5.91 Å². The van der Waals surface area contributed by atoms with Crippen molar-refractivity contribution >= 4 is 17.5 Å². The molecule has 1 atom stereocenters. The number of piperazine rings is 1. The van der Waals surface area contributed by atoms with Crippen molar-refractivity contribution in [2.45, 2.75) is 44.2 Å². The summed E-state index contributed by atoms with van der Waals surface area (Å²) in [6.45, 7) is 8.21. The van der Waals surface area contributed by atoms with Crippen LogP contribution < -0.4 is 4.90 Å². The van der Waals surface area contributed by atoms with Crippen LogP contribution in [0.15, 0.2) is 42.5 Å². The smallest absolute Gasteiger partial charge is 0.254 e. The van der Waals surface area contributed by atoms with E-state index in [1.165, 1.54) is 16.7 Å². The van der Waals surface area contributed by atoms with Crippen LogP contribution in [-0.4, -0.2) is 90.1 Å². The first-order valence-electron chi connectivity index (χ1n) is 13.3. The van der Waals surface area contributed by atoms with Crippen LogP contribution in [0.25, 0.3) is 0 Å². The number of fused-ring (bicyclic) bond motifs is 3. The third-order valence-electron chi connectivity index (χ3n) is 8.64. The van der Waals surface area contributed by atoms with Crippen LogP contribution in [0.1, 0.15) is 46.8 Å². The van der Waals surface area contributed by atoms with Crippen molar-refractivity contribution < 1.29 is 14.7 Å². The van der Waals surface area contributed by atoms with E-state index in [9.17, 15) is 14.7 Å². The maximum atomic E-state index is 13.5. The van der Waals surface area contributed by atoms with Crippen LogP contribution in [-0.2, 0) is 23.2 Å². The van der Waals surface area contributed by atoms with Crippen molar-refractivity contribution in [3.8, 4) is 0 Å². The van der Waals surface area contributed by atoms with Gasteiger partial charge in [-0.15, -0.1) is 0 Å². The van der Waals surface area contributed by atoms with Crippen molar-refractivity contribution in [1.29, 1.82) is 0 Å². The van der Waals surface area contributed by atoms with Gasteiger partial charge in [0, 0.05) is 82.5 Å². The Morgan fingerprint density at radius 3 is 2.47 bits per heavy atom. The molecule has 7 heteroatoms. The lowest BCUT2D eigenvalue weighted by atomic mass is 9.85. The van der Waals surface area contributed by atoms with Crippen molar-refractivity contribution in [2.75, 3.05) is 57.3 Å². The molecule has 190 valence electrons. The number of hydrogen-bond donors (Lipinski definition) is 1. The number of carbonyl (C=O) groups is 2. The second-order valence-electron chi connectivity index (χ2n) is 11.1. The molecule has 1 unspecified atom stereocenters. The highest BCUT2D eigenvalue weighted by molar-refractivity contribution is 5.98. The van der Waals surface area contributed by atoms with Gasteiger partial charge in [-0.3, -0.25) is 14.5 Å². The SMILES string of the molecule is CC(=O)N1CCN(c2ccc3c(c2)C2(CC2)CN(CC(O)CN2CCc4ccccc4C2)C3=O)CC1. The first kappa shape index (κ1) is 23.5. The fraction of sp³-hybridized carbons (Fsp3) is 0.517. The number of nitrogens with zero attached hydrogens (tertiary/aromatic N) is 4. The average Bonchev–Trinajstić information content (AvgIpc) is 3.67. The molecular weight excluding hydrogens is 452 g/mol. The summed E-state index contributed by atoms with van der Waals surface area (Å²) < 4.78 is 0. The number of carbonyl (C=O) groups excluding carboxylic acids is 2. The molecule has 3 aliphatic heterocycles. The van der Waals surface area contributed by atoms with E-state index < -0.39 is 6.10 Å². The number of hydrogen-bond acceptors (Lipinski definition) is 5. The summed E-state index contributed by atoms with van der Waals surface area (Å²) in [7, 11) is 0. The minimum Gasteiger partial charge on any atom is -0.390 e. The van der Waals surface area contributed by atoms with E-state index in [1.54, 1.807) is 6.92 Å². The monoisotopic (exact) mass is 488 g/mol. The number of amides is 2. The molecule has 1 N–H and O–H groups in total. The van der Waals surface area contributed by atoms with Crippen molar-refractivity contribution in [3.05, 3.63) is 64.7 Å². The number of aliphatic hydroxyl groups is 1. The van der Waals surface area contributed by atoms with Crippen molar-refractivity contribution in [1.82, 2.24) is 14.7 Å². The van der Waals surface area contributed by atoms with E-state index in [-0.39, 0.29) is 17.2 Å². The molecular formula is C29H36N4O3. The van der Waals surface area contributed by atoms with E-state index in [0.29, 0.717) is 19.6 Å². The summed E-state index contributed by atoms with van der Waals surface area (Å²) in [5.41, 5.74) is 5.90. The molecule has 0 aromatic heterocycles. The lowest BCUT2D eigenvalue weighted by molar-refractivity contribution is -0.129. The Kier molecular flexibility index (Phi) is 6.00.